The number of carboxylic acids is 1. The van der Waals surface area contributed by atoms with Crippen molar-refractivity contribution in [2.75, 3.05) is 7.11 Å². The van der Waals surface area contributed by atoms with Crippen molar-refractivity contribution in [2.45, 2.75) is 25.9 Å². The predicted octanol–water partition coefficient (Wildman–Crippen LogP) is 3.08. The van der Waals surface area contributed by atoms with Crippen molar-refractivity contribution in [3.8, 4) is 10.6 Å². The average molecular weight is 297 g/mol. The Morgan fingerprint density at radius 2 is 2.32 bits per heavy atom. The Balaban J connectivity index is 2.09. The van der Waals surface area contributed by atoms with Crippen molar-refractivity contribution in [2.24, 2.45) is 0 Å². The molecule has 0 amide bonds. The van der Waals surface area contributed by atoms with Crippen LogP contribution < -0.4 is 0 Å². The van der Waals surface area contributed by atoms with Gasteiger partial charge in [-0.1, -0.05) is 0 Å². The molecule has 1 unspecified atom stereocenters. The third-order valence-corrected chi connectivity index (χ3v) is 4.63. The summed E-state index contributed by atoms with van der Waals surface area (Å²) in [6.45, 7) is 2.01. The van der Waals surface area contributed by atoms with Gasteiger partial charge in [-0.2, -0.15) is 0 Å². The number of hydrogen-bond donors (Lipinski definition) is 1. The minimum Gasteiger partial charge on any atom is -0.481 e. The maximum Gasteiger partial charge on any atom is 0.308 e. The summed E-state index contributed by atoms with van der Waals surface area (Å²) in [5, 5.41) is 11.8. The molecule has 102 valence electrons. The molecule has 0 saturated carbocycles. The lowest BCUT2D eigenvalue weighted by molar-refractivity contribution is -0.136. The van der Waals surface area contributed by atoms with Gasteiger partial charge in [-0.05, 0) is 19.1 Å². The molecule has 1 N–H and O–H groups in total. The monoisotopic (exact) mass is 297 g/mol. The second-order valence-corrected chi connectivity index (χ2v) is 6.32. The number of aliphatic carboxylic acids is 1. The number of aromatic nitrogens is 1. The van der Waals surface area contributed by atoms with Gasteiger partial charge in [-0.15, -0.1) is 22.7 Å². The Hall–Kier alpha value is -1.24. The number of hydrogen-bond acceptors (Lipinski definition) is 5. The predicted molar refractivity (Wildman–Crippen MR) is 76.9 cm³/mol. The number of ether oxygens (including phenoxy) is 1. The van der Waals surface area contributed by atoms with Gasteiger partial charge in [0.25, 0.3) is 0 Å². The normalized spacial score (nSPS) is 12.5. The topological polar surface area (TPSA) is 59.4 Å². The van der Waals surface area contributed by atoms with Crippen LogP contribution in [0.1, 0.15) is 16.8 Å². The van der Waals surface area contributed by atoms with Gasteiger partial charge in [0.15, 0.2) is 0 Å². The van der Waals surface area contributed by atoms with E-state index >= 15 is 0 Å². The summed E-state index contributed by atoms with van der Waals surface area (Å²) in [7, 11) is 1.69. The highest BCUT2D eigenvalue weighted by Crippen LogP contribution is 2.29. The molecule has 0 aliphatic heterocycles. The van der Waals surface area contributed by atoms with Crippen LogP contribution >= 0.6 is 22.7 Å². The molecule has 2 rings (SSSR count). The highest BCUT2D eigenvalue weighted by atomic mass is 32.1. The number of carbonyl (C=O) groups is 1. The minimum absolute atomic E-state index is 0.0718. The number of thiazole rings is 1. The fourth-order valence-electron chi connectivity index (χ4n) is 1.61. The van der Waals surface area contributed by atoms with Crippen LogP contribution in [0.2, 0.25) is 0 Å². The third kappa shape index (κ3) is 3.86. The number of methoxy groups -OCH3 is 1. The van der Waals surface area contributed by atoms with Gasteiger partial charge >= 0.3 is 5.97 Å². The van der Waals surface area contributed by atoms with Crippen LogP contribution in [0.25, 0.3) is 10.6 Å². The zero-order chi connectivity index (χ0) is 13.8. The van der Waals surface area contributed by atoms with Crippen molar-refractivity contribution in [1.82, 2.24) is 4.98 Å². The first-order chi connectivity index (χ1) is 9.08. The molecule has 0 saturated heterocycles. The molecule has 0 aromatic carbocycles. The van der Waals surface area contributed by atoms with Gasteiger partial charge in [0.1, 0.15) is 0 Å². The summed E-state index contributed by atoms with van der Waals surface area (Å²) in [4.78, 5) is 17.1. The van der Waals surface area contributed by atoms with Gasteiger partial charge < -0.3 is 9.84 Å². The lowest BCUT2D eigenvalue weighted by Crippen LogP contribution is -2.07. The van der Waals surface area contributed by atoms with Crippen molar-refractivity contribution < 1.29 is 14.6 Å². The molecule has 0 radical (unpaired) electrons. The maximum atomic E-state index is 10.7. The van der Waals surface area contributed by atoms with Crippen LogP contribution in [0.15, 0.2) is 17.5 Å². The zero-order valence-corrected chi connectivity index (χ0v) is 12.4. The van der Waals surface area contributed by atoms with Crippen molar-refractivity contribution in [3.05, 3.63) is 27.4 Å². The zero-order valence-electron chi connectivity index (χ0n) is 10.8. The summed E-state index contributed by atoms with van der Waals surface area (Å²) in [6.07, 6.45) is 1.03. The molecule has 4 nitrogen and oxygen atoms in total. The molecule has 2 aromatic heterocycles. The van der Waals surface area contributed by atoms with Crippen molar-refractivity contribution in [1.29, 1.82) is 0 Å². The second-order valence-electron chi connectivity index (χ2n) is 4.21. The largest absolute Gasteiger partial charge is 0.481 e. The van der Waals surface area contributed by atoms with Crippen molar-refractivity contribution >= 4 is 28.6 Å². The molecule has 2 heterocycles. The fraction of sp³-hybridized carbons (Fsp3) is 0.385. The molecule has 0 aliphatic rings. The van der Waals surface area contributed by atoms with Crippen LogP contribution in [0.5, 0.6) is 0 Å². The maximum absolute atomic E-state index is 10.7. The van der Waals surface area contributed by atoms with Crippen LogP contribution in [0.3, 0.4) is 0 Å². The summed E-state index contributed by atoms with van der Waals surface area (Å²) in [5.74, 6) is -0.804. The summed E-state index contributed by atoms with van der Waals surface area (Å²) in [5.41, 5.74) is 0.921. The minimum atomic E-state index is -0.804. The van der Waals surface area contributed by atoms with Crippen molar-refractivity contribution in [3.63, 3.8) is 0 Å². The van der Waals surface area contributed by atoms with E-state index in [1.807, 2.05) is 24.4 Å². The third-order valence-electron chi connectivity index (χ3n) is 2.66. The lowest BCUT2D eigenvalue weighted by Gasteiger charge is -2.05. The molecule has 19 heavy (non-hydrogen) atoms. The number of carboxylic acid groups (broad SMARTS) is 1. The Labute approximate surface area is 119 Å². The summed E-state index contributed by atoms with van der Waals surface area (Å²) in [6, 6.07) is 3.78. The number of nitrogens with zero attached hydrogens (tertiary/aromatic N) is 1. The Morgan fingerprint density at radius 3 is 3.00 bits per heavy atom. The number of rotatable bonds is 6. The molecule has 0 spiro atoms. The molecule has 1 atom stereocenters. The van der Waals surface area contributed by atoms with E-state index in [9.17, 15) is 4.79 Å². The van der Waals surface area contributed by atoms with Gasteiger partial charge in [0, 0.05) is 23.8 Å². The van der Waals surface area contributed by atoms with E-state index in [4.69, 9.17) is 9.84 Å². The van der Waals surface area contributed by atoms with E-state index in [0.29, 0.717) is 0 Å². The first-order valence-electron chi connectivity index (χ1n) is 5.86. The molecule has 0 bridgehead atoms. The van der Waals surface area contributed by atoms with E-state index < -0.39 is 5.97 Å². The molecule has 0 aliphatic carbocycles. The SMILES string of the molecule is COC(C)Cc1nc(-c2ccc(CC(=O)O)s2)cs1. The van der Waals surface area contributed by atoms with E-state index in [2.05, 4.69) is 4.98 Å². The molecular formula is C13H15NO3S2. The Morgan fingerprint density at radius 1 is 1.53 bits per heavy atom. The standard InChI is InChI=1S/C13H15NO3S2/c1-8(17-2)5-12-14-10(7-18-12)11-4-3-9(19-11)6-13(15)16/h3-4,7-8H,5-6H2,1-2H3,(H,15,16). The second kappa shape index (κ2) is 6.27. The van der Waals surface area contributed by atoms with Crippen LogP contribution in [-0.2, 0) is 22.4 Å². The van der Waals surface area contributed by atoms with Crippen LogP contribution in [0.4, 0.5) is 0 Å². The molecule has 0 fully saturated rings. The van der Waals surface area contributed by atoms with Crippen LogP contribution in [-0.4, -0.2) is 29.3 Å². The van der Waals surface area contributed by atoms with Gasteiger partial charge in [0.05, 0.1) is 28.1 Å². The van der Waals surface area contributed by atoms with Crippen LogP contribution in [0, 0.1) is 0 Å². The number of thiophene rings is 1. The van der Waals surface area contributed by atoms with Gasteiger partial charge in [-0.3, -0.25) is 4.79 Å². The molecule has 2 aromatic rings. The average Bonchev–Trinajstić information content (AvgIpc) is 2.97. The lowest BCUT2D eigenvalue weighted by atomic mass is 10.3. The first kappa shape index (κ1) is 14.2. The smallest absolute Gasteiger partial charge is 0.308 e. The highest BCUT2D eigenvalue weighted by molar-refractivity contribution is 7.16. The quantitative estimate of drug-likeness (QED) is 0.890. The highest BCUT2D eigenvalue weighted by Gasteiger charge is 2.11. The Bertz CT molecular complexity index is 562. The molecule has 6 heteroatoms. The van der Waals surface area contributed by atoms with E-state index in [1.54, 1.807) is 18.4 Å². The van der Waals surface area contributed by atoms with E-state index in [-0.39, 0.29) is 12.5 Å². The molecular weight excluding hydrogens is 282 g/mol. The Kier molecular flexibility index (Phi) is 4.68. The van der Waals surface area contributed by atoms with Gasteiger partial charge in [-0.25, -0.2) is 4.98 Å². The van der Waals surface area contributed by atoms with E-state index in [1.165, 1.54) is 11.3 Å². The van der Waals surface area contributed by atoms with Gasteiger partial charge in [0.2, 0.25) is 0 Å². The van der Waals surface area contributed by atoms with E-state index in [0.717, 1.165) is 26.9 Å². The summed E-state index contributed by atoms with van der Waals surface area (Å²) < 4.78 is 5.22. The summed E-state index contributed by atoms with van der Waals surface area (Å²) >= 11 is 3.09. The first-order valence-corrected chi connectivity index (χ1v) is 7.56. The fourth-order valence-corrected chi connectivity index (χ4v) is 3.55.